The Kier molecular flexibility index (Phi) is 4.93. The van der Waals surface area contributed by atoms with Crippen molar-refractivity contribution in [1.29, 1.82) is 0 Å². The average Bonchev–Trinajstić information content (AvgIpc) is 2.45. The van der Waals surface area contributed by atoms with Crippen molar-refractivity contribution in [3.63, 3.8) is 0 Å². The minimum absolute atomic E-state index is 0.175. The van der Waals surface area contributed by atoms with E-state index in [1.807, 2.05) is 0 Å². The van der Waals surface area contributed by atoms with Gasteiger partial charge in [0.15, 0.2) is 0 Å². The molecule has 0 amide bonds. The monoisotopic (exact) mass is 393 g/mol. The van der Waals surface area contributed by atoms with Gasteiger partial charge in [0.25, 0.3) is 0 Å². The molecule has 0 bridgehead atoms. The predicted molar refractivity (Wildman–Crippen MR) is 79.7 cm³/mol. The van der Waals surface area contributed by atoms with Gasteiger partial charge in [-0.1, -0.05) is 42.5 Å². The van der Waals surface area contributed by atoms with Crippen LogP contribution in [-0.4, -0.2) is 14.6 Å². The van der Waals surface area contributed by atoms with Crippen LogP contribution < -0.4 is 4.72 Å². The van der Waals surface area contributed by atoms with Gasteiger partial charge in [0.05, 0.1) is 4.90 Å². The van der Waals surface area contributed by atoms with E-state index in [9.17, 15) is 21.6 Å². The molecular weight excluding hydrogens is 383 g/mol. The van der Waals surface area contributed by atoms with Crippen molar-refractivity contribution in [3.05, 3.63) is 64.6 Å². The molecular formula is C14H11BrF3NO2S. The van der Waals surface area contributed by atoms with E-state index in [0.717, 1.165) is 0 Å². The maximum atomic E-state index is 13.2. The van der Waals surface area contributed by atoms with Crippen LogP contribution in [0.25, 0.3) is 0 Å². The number of hydrogen-bond donors (Lipinski definition) is 1. The van der Waals surface area contributed by atoms with Crippen LogP contribution in [0.5, 0.6) is 0 Å². The molecule has 22 heavy (non-hydrogen) atoms. The second-order valence-electron chi connectivity index (χ2n) is 4.44. The smallest absolute Gasteiger partial charge is 0.207 e. The summed E-state index contributed by atoms with van der Waals surface area (Å²) in [5.74, 6) is 0. The Balaban J connectivity index is 2.42. The van der Waals surface area contributed by atoms with E-state index in [1.54, 1.807) is 16.9 Å². The summed E-state index contributed by atoms with van der Waals surface area (Å²) < 4.78 is 66.0. The molecule has 0 aliphatic carbocycles. The fourth-order valence-corrected chi connectivity index (χ4v) is 4.06. The first-order chi connectivity index (χ1) is 10.2. The van der Waals surface area contributed by atoms with Gasteiger partial charge in [-0.3, -0.25) is 0 Å². The topological polar surface area (TPSA) is 46.2 Å². The zero-order valence-corrected chi connectivity index (χ0v) is 13.4. The lowest BCUT2D eigenvalue weighted by Crippen LogP contribution is -2.38. The van der Waals surface area contributed by atoms with Gasteiger partial charge >= 0.3 is 6.18 Å². The van der Waals surface area contributed by atoms with Gasteiger partial charge in [0, 0.05) is 4.47 Å². The van der Waals surface area contributed by atoms with Crippen molar-refractivity contribution < 1.29 is 21.6 Å². The van der Waals surface area contributed by atoms with Gasteiger partial charge in [0.2, 0.25) is 10.0 Å². The number of rotatable bonds is 4. The molecule has 2 rings (SSSR count). The second kappa shape index (κ2) is 6.39. The van der Waals surface area contributed by atoms with Crippen molar-refractivity contribution in [1.82, 2.24) is 4.72 Å². The van der Waals surface area contributed by atoms with Crippen molar-refractivity contribution >= 4 is 26.0 Å². The van der Waals surface area contributed by atoms with E-state index < -0.39 is 22.2 Å². The zero-order valence-electron chi connectivity index (χ0n) is 11.0. The van der Waals surface area contributed by atoms with Crippen molar-refractivity contribution in [2.45, 2.75) is 17.1 Å². The third kappa shape index (κ3) is 3.88. The second-order valence-corrected chi connectivity index (χ2v) is 6.97. The molecule has 0 fully saturated rings. The summed E-state index contributed by atoms with van der Waals surface area (Å²) in [6.07, 6.45) is -4.75. The lowest BCUT2D eigenvalue weighted by molar-refractivity contribution is -0.153. The zero-order chi connectivity index (χ0) is 16.4. The first-order valence-electron chi connectivity index (χ1n) is 6.10. The summed E-state index contributed by atoms with van der Waals surface area (Å²) in [6.45, 7) is 0. The molecule has 0 saturated heterocycles. The number of nitrogens with one attached hydrogen (secondary N) is 1. The van der Waals surface area contributed by atoms with Gasteiger partial charge in [-0.25, -0.2) is 8.42 Å². The van der Waals surface area contributed by atoms with Crippen LogP contribution >= 0.6 is 15.9 Å². The van der Waals surface area contributed by atoms with Crippen LogP contribution in [-0.2, 0) is 10.0 Å². The molecule has 2 aromatic carbocycles. The van der Waals surface area contributed by atoms with Gasteiger partial charge in [-0.2, -0.15) is 17.9 Å². The Morgan fingerprint density at radius 2 is 1.50 bits per heavy atom. The number of alkyl halides is 3. The quantitative estimate of drug-likeness (QED) is 0.851. The summed E-state index contributed by atoms with van der Waals surface area (Å²) >= 11 is 3.03. The van der Waals surface area contributed by atoms with E-state index in [-0.39, 0.29) is 14.9 Å². The van der Waals surface area contributed by atoms with Crippen molar-refractivity contribution in [2.75, 3.05) is 0 Å². The minimum atomic E-state index is -4.75. The van der Waals surface area contributed by atoms with Crippen LogP contribution in [0.4, 0.5) is 13.2 Å². The molecule has 0 spiro atoms. The summed E-state index contributed by atoms with van der Waals surface area (Å²) in [4.78, 5) is -0.250. The third-order valence-electron chi connectivity index (χ3n) is 2.86. The molecule has 0 aliphatic heterocycles. The molecule has 0 saturated carbocycles. The number of hydrogen-bond acceptors (Lipinski definition) is 2. The van der Waals surface area contributed by atoms with Crippen LogP contribution in [0, 0.1) is 0 Å². The third-order valence-corrected chi connectivity index (χ3v) is 5.29. The van der Waals surface area contributed by atoms with Gasteiger partial charge in [-0.05, 0) is 33.6 Å². The molecule has 118 valence electrons. The molecule has 0 aromatic heterocycles. The van der Waals surface area contributed by atoms with Gasteiger partial charge in [0.1, 0.15) is 6.04 Å². The van der Waals surface area contributed by atoms with Crippen LogP contribution in [0.3, 0.4) is 0 Å². The van der Waals surface area contributed by atoms with Crippen LogP contribution in [0.2, 0.25) is 0 Å². The SMILES string of the molecule is O=S(=O)(NC(c1ccccc1)C(F)(F)F)c1ccccc1Br. The highest BCUT2D eigenvalue weighted by atomic mass is 79.9. The van der Waals surface area contributed by atoms with Crippen molar-refractivity contribution in [3.8, 4) is 0 Å². The highest BCUT2D eigenvalue weighted by molar-refractivity contribution is 9.10. The largest absolute Gasteiger partial charge is 0.408 e. The summed E-state index contributed by atoms with van der Waals surface area (Å²) in [6, 6.07) is 10.2. The van der Waals surface area contributed by atoms with Crippen molar-refractivity contribution in [2.24, 2.45) is 0 Å². The molecule has 1 unspecified atom stereocenters. The molecule has 8 heteroatoms. The van der Waals surface area contributed by atoms with E-state index in [0.29, 0.717) is 0 Å². The maximum Gasteiger partial charge on any atom is 0.408 e. The fraction of sp³-hybridized carbons (Fsp3) is 0.143. The Morgan fingerprint density at radius 1 is 0.955 bits per heavy atom. The molecule has 0 radical (unpaired) electrons. The Bertz CT molecular complexity index is 748. The average molecular weight is 394 g/mol. The molecule has 3 nitrogen and oxygen atoms in total. The van der Waals surface area contributed by atoms with Crippen LogP contribution in [0.1, 0.15) is 11.6 Å². The number of benzene rings is 2. The highest BCUT2D eigenvalue weighted by Gasteiger charge is 2.43. The summed E-state index contributed by atoms with van der Waals surface area (Å²) in [5.41, 5.74) is -0.175. The lowest BCUT2D eigenvalue weighted by Gasteiger charge is -2.22. The first-order valence-corrected chi connectivity index (χ1v) is 8.38. The van der Waals surface area contributed by atoms with Gasteiger partial charge in [-0.15, -0.1) is 0 Å². The number of sulfonamides is 1. The predicted octanol–water partition coefficient (Wildman–Crippen LogP) is 4.03. The molecule has 0 aliphatic rings. The first kappa shape index (κ1) is 17.0. The van der Waals surface area contributed by atoms with E-state index >= 15 is 0 Å². The summed E-state index contributed by atoms with van der Waals surface area (Å²) in [5, 5.41) is 0. The van der Waals surface area contributed by atoms with E-state index in [1.165, 1.54) is 42.5 Å². The van der Waals surface area contributed by atoms with E-state index in [4.69, 9.17) is 0 Å². The van der Waals surface area contributed by atoms with Crippen LogP contribution in [0.15, 0.2) is 64.0 Å². The Labute approximate surface area is 134 Å². The van der Waals surface area contributed by atoms with E-state index in [2.05, 4.69) is 15.9 Å². The van der Waals surface area contributed by atoms with Gasteiger partial charge < -0.3 is 0 Å². The highest BCUT2D eigenvalue weighted by Crippen LogP contribution is 2.34. The normalized spacial score (nSPS) is 13.8. The molecule has 0 heterocycles. The lowest BCUT2D eigenvalue weighted by atomic mass is 10.1. The molecule has 1 atom stereocenters. The molecule has 1 N–H and O–H groups in total. The maximum absolute atomic E-state index is 13.2. The molecule has 2 aromatic rings. The summed E-state index contributed by atoms with van der Waals surface area (Å²) in [7, 11) is -4.34. The minimum Gasteiger partial charge on any atom is -0.207 e. The fourth-order valence-electron chi connectivity index (χ4n) is 1.85. The standard InChI is InChI=1S/C14H11BrF3NO2S/c15-11-8-4-5-9-12(11)22(20,21)19-13(14(16,17)18)10-6-2-1-3-7-10/h1-9,13,19H. The Morgan fingerprint density at radius 3 is 2.05 bits per heavy atom. The Hall–Kier alpha value is -1.38. The number of halogens is 4.